The summed E-state index contributed by atoms with van der Waals surface area (Å²) >= 11 is 5.05. The lowest BCUT2D eigenvalue weighted by molar-refractivity contribution is 0.501. The van der Waals surface area contributed by atoms with Crippen LogP contribution < -0.4 is 10.9 Å². The maximum absolute atomic E-state index is 12.2. The third-order valence-corrected chi connectivity index (χ3v) is 5.19. The fourth-order valence-electron chi connectivity index (χ4n) is 1.89. The van der Waals surface area contributed by atoms with E-state index in [2.05, 4.69) is 38.3 Å². The molecule has 114 valence electrons. The van der Waals surface area contributed by atoms with Gasteiger partial charge in [0.05, 0.1) is 24.0 Å². The molecule has 0 bridgehead atoms. The minimum Gasteiger partial charge on any atom is -0.374 e. The molecule has 21 heavy (non-hydrogen) atoms. The second-order valence-electron chi connectivity index (χ2n) is 5.10. The minimum absolute atomic E-state index is 0.0303. The first-order valence-electron chi connectivity index (χ1n) is 6.92. The summed E-state index contributed by atoms with van der Waals surface area (Å²) < 4.78 is 1.96. The summed E-state index contributed by atoms with van der Waals surface area (Å²) in [6.45, 7) is 8.00. The van der Waals surface area contributed by atoms with Gasteiger partial charge in [-0.2, -0.15) is 5.10 Å². The maximum atomic E-state index is 12.2. The molecule has 0 fully saturated rings. The molecular weight excluding hydrogens is 352 g/mol. The summed E-state index contributed by atoms with van der Waals surface area (Å²) in [6, 6.07) is 0.0639. The van der Waals surface area contributed by atoms with Gasteiger partial charge in [0.25, 0.3) is 5.56 Å². The number of rotatable bonds is 5. The molecule has 5 nitrogen and oxygen atoms in total. The highest BCUT2D eigenvalue weighted by atomic mass is 79.9. The second-order valence-corrected chi connectivity index (χ2v) is 7.04. The van der Waals surface area contributed by atoms with Crippen molar-refractivity contribution in [1.29, 1.82) is 0 Å². The van der Waals surface area contributed by atoms with Gasteiger partial charge in [0.1, 0.15) is 9.48 Å². The number of anilines is 1. The fourth-order valence-corrected chi connectivity index (χ4v) is 3.15. The van der Waals surface area contributed by atoms with E-state index in [9.17, 15) is 4.79 Å². The van der Waals surface area contributed by atoms with E-state index in [4.69, 9.17) is 0 Å². The molecule has 2 aromatic heterocycles. The van der Waals surface area contributed by atoms with Gasteiger partial charge in [-0.3, -0.25) is 4.79 Å². The number of hydrogen-bond donors (Lipinski definition) is 1. The van der Waals surface area contributed by atoms with Crippen molar-refractivity contribution in [1.82, 2.24) is 14.8 Å². The normalized spacial score (nSPS) is 12.7. The van der Waals surface area contributed by atoms with Crippen LogP contribution in [0, 0.1) is 0 Å². The molecule has 2 aromatic rings. The highest BCUT2D eigenvalue weighted by molar-refractivity contribution is 9.10. The number of hydrogen-bond acceptors (Lipinski definition) is 5. The quantitative estimate of drug-likeness (QED) is 0.869. The predicted octanol–water partition coefficient (Wildman–Crippen LogP) is 3.78. The largest absolute Gasteiger partial charge is 0.374 e. The smallest absolute Gasteiger partial charge is 0.283 e. The lowest BCUT2D eigenvalue weighted by Crippen LogP contribution is -2.26. The van der Waals surface area contributed by atoms with Crippen molar-refractivity contribution in [2.75, 3.05) is 5.32 Å². The topological polar surface area (TPSA) is 59.8 Å². The van der Waals surface area contributed by atoms with Crippen LogP contribution in [0.2, 0.25) is 0 Å². The first kappa shape index (κ1) is 16.2. The van der Waals surface area contributed by atoms with E-state index < -0.39 is 0 Å². The van der Waals surface area contributed by atoms with Crippen molar-refractivity contribution in [2.45, 2.75) is 46.2 Å². The Hall–Kier alpha value is -1.21. The Morgan fingerprint density at radius 1 is 1.38 bits per heavy atom. The number of nitrogens with one attached hydrogen (secondary N) is 1. The van der Waals surface area contributed by atoms with Crippen LogP contribution in [0.4, 0.5) is 5.69 Å². The summed E-state index contributed by atoms with van der Waals surface area (Å²) in [4.78, 5) is 17.9. The molecule has 2 heterocycles. The van der Waals surface area contributed by atoms with Crippen molar-refractivity contribution < 1.29 is 0 Å². The van der Waals surface area contributed by atoms with Gasteiger partial charge in [-0.05, 0) is 43.1 Å². The van der Waals surface area contributed by atoms with Crippen LogP contribution in [-0.2, 0) is 6.42 Å². The third kappa shape index (κ3) is 3.52. The molecule has 0 aliphatic rings. The number of aromatic nitrogens is 3. The van der Waals surface area contributed by atoms with Crippen molar-refractivity contribution in [3.63, 3.8) is 0 Å². The number of nitrogens with zero attached hydrogens (tertiary/aromatic N) is 3. The Balaban J connectivity index is 2.23. The summed E-state index contributed by atoms with van der Waals surface area (Å²) in [7, 11) is 0. The molecule has 0 aromatic carbocycles. The van der Waals surface area contributed by atoms with Crippen LogP contribution in [0.1, 0.15) is 49.7 Å². The Kier molecular flexibility index (Phi) is 5.16. The molecule has 7 heteroatoms. The Labute approximate surface area is 136 Å². The molecule has 0 radical (unpaired) electrons. The van der Waals surface area contributed by atoms with Crippen LogP contribution in [0.15, 0.2) is 21.7 Å². The van der Waals surface area contributed by atoms with Gasteiger partial charge < -0.3 is 5.32 Å². The fraction of sp³-hybridized carbons (Fsp3) is 0.500. The van der Waals surface area contributed by atoms with E-state index in [-0.39, 0.29) is 17.6 Å². The van der Waals surface area contributed by atoms with Gasteiger partial charge in [-0.25, -0.2) is 9.67 Å². The van der Waals surface area contributed by atoms with Gasteiger partial charge in [-0.15, -0.1) is 11.3 Å². The minimum atomic E-state index is -0.129. The summed E-state index contributed by atoms with van der Waals surface area (Å²) in [5, 5.41) is 8.50. The highest BCUT2D eigenvalue weighted by Gasteiger charge is 2.15. The van der Waals surface area contributed by atoms with Crippen LogP contribution in [0.5, 0.6) is 0 Å². The maximum Gasteiger partial charge on any atom is 0.283 e. The molecule has 1 unspecified atom stereocenters. The van der Waals surface area contributed by atoms with Crippen molar-refractivity contribution in [2.24, 2.45) is 0 Å². The molecule has 2 rings (SSSR count). The number of aryl methyl sites for hydroxylation is 1. The molecule has 0 amide bonds. The molecule has 0 aliphatic heterocycles. The summed E-state index contributed by atoms with van der Waals surface area (Å²) in [6.07, 6.45) is 4.57. The van der Waals surface area contributed by atoms with Crippen molar-refractivity contribution in [3.05, 3.63) is 37.1 Å². The predicted molar refractivity (Wildman–Crippen MR) is 90.1 cm³/mol. The Morgan fingerprint density at radius 3 is 2.67 bits per heavy atom. The van der Waals surface area contributed by atoms with E-state index in [0.717, 1.165) is 11.4 Å². The molecule has 0 saturated heterocycles. The van der Waals surface area contributed by atoms with E-state index in [1.807, 2.05) is 27.0 Å². The van der Waals surface area contributed by atoms with Gasteiger partial charge >= 0.3 is 0 Å². The van der Waals surface area contributed by atoms with Gasteiger partial charge in [0.15, 0.2) is 0 Å². The molecular formula is C14H19BrN4OS. The van der Waals surface area contributed by atoms with E-state index in [1.165, 1.54) is 9.56 Å². The average molecular weight is 371 g/mol. The lowest BCUT2D eigenvalue weighted by Gasteiger charge is -2.15. The van der Waals surface area contributed by atoms with Gasteiger partial charge in [0.2, 0.25) is 0 Å². The van der Waals surface area contributed by atoms with Crippen LogP contribution in [-0.4, -0.2) is 14.8 Å². The molecule has 1 N–H and O–H groups in total. The van der Waals surface area contributed by atoms with Crippen LogP contribution >= 0.6 is 27.3 Å². The molecule has 0 spiro atoms. The third-order valence-electron chi connectivity index (χ3n) is 3.10. The van der Waals surface area contributed by atoms with E-state index >= 15 is 0 Å². The van der Waals surface area contributed by atoms with Crippen molar-refractivity contribution >= 4 is 33.0 Å². The Bertz CT molecular complexity index is 680. The van der Waals surface area contributed by atoms with Crippen LogP contribution in [0.3, 0.4) is 0 Å². The SMILES string of the molecule is CCc1cnc(C(C)Nc2cnn(C(C)C)c(=O)c2Br)s1. The number of halogens is 1. The first-order chi connectivity index (χ1) is 9.93. The second kappa shape index (κ2) is 6.70. The lowest BCUT2D eigenvalue weighted by atomic mass is 10.3. The van der Waals surface area contributed by atoms with Gasteiger partial charge in [-0.1, -0.05) is 6.92 Å². The zero-order valence-electron chi connectivity index (χ0n) is 12.6. The highest BCUT2D eigenvalue weighted by Crippen LogP contribution is 2.26. The summed E-state index contributed by atoms with van der Waals surface area (Å²) in [5.74, 6) is 0. The van der Waals surface area contributed by atoms with Crippen molar-refractivity contribution in [3.8, 4) is 0 Å². The number of thiazole rings is 1. The van der Waals surface area contributed by atoms with Crippen LogP contribution in [0.25, 0.3) is 0 Å². The van der Waals surface area contributed by atoms with E-state index in [0.29, 0.717) is 10.2 Å². The standard InChI is InChI=1S/C14H19BrN4OS/c1-5-10-6-16-13(21-10)9(4)18-11-7-17-19(8(2)3)14(20)12(11)15/h6-9,18H,5H2,1-4H3. The van der Waals surface area contributed by atoms with E-state index in [1.54, 1.807) is 17.5 Å². The average Bonchev–Trinajstić information content (AvgIpc) is 2.92. The van der Waals surface area contributed by atoms with Gasteiger partial charge in [0, 0.05) is 11.1 Å². The first-order valence-corrected chi connectivity index (χ1v) is 8.53. The molecule has 1 atom stereocenters. The molecule has 0 saturated carbocycles. The Morgan fingerprint density at radius 2 is 2.10 bits per heavy atom. The zero-order chi connectivity index (χ0) is 15.6. The molecule has 0 aliphatic carbocycles. The monoisotopic (exact) mass is 370 g/mol. The zero-order valence-corrected chi connectivity index (χ0v) is 15.0. The summed E-state index contributed by atoms with van der Waals surface area (Å²) in [5.41, 5.74) is 0.563.